The van der Waals surface area contributed by atoms with Crippen molar-refractivity contribution in [1.82, 2.24) is 9.97 Å². The van der Waals surface area contributed by atoms with E-state index in [2.05, 4.69) is 25.9 Å². The minimum atomic E-state index is -0.356. The van der Waals surface area contributed by atoms with Crippen LogP contribution in [0.15, 0.2) is 39.8 Å². The summed E-state index contributed by atoms with van der Waals surface area (Å²) < 4.78 is 5.86. The topological polar surface area (TPSA) is 64.9 Å². The monoisotopic (exact) mass is 253 g/mol. The fourth-order valence-corrected chi connectivity index (χ4v) is 1.30. The number of hydrogen-bond acceptors (Lipinski definition) is 4. The molecular weight excluding hydrogens is 246 g/mol. The smallest absolute Gasteiger partial charge is 0.126 e. The summed E-state index contributed by atoms with van der Waals surface area (Å²) in [6.45, 7) is 0. The molecule has 0 aliphatic carbocycles. The van der Waals surface area contributed by atoms with Gasteiger partial charge in [0.05, 0.1) is 24.4 Å². The molecule has 2 N–H and O–H groups in total. The average molecular weight is 254 g/mol. The number of furan rings is 1. The quantitative estimate of drug-likeness (QED) is 0.888. The molecule has 0 aliphatic rings. The summed E-state index contributed by atoms with van der Waals surface area (Å²) in [5, 5.41) is 0. The van der Waals surface area contributed by atoms with Crippen molar-refractivity contribution in [3.8, 4) is 0 Å². The summed E-state index contributed by atoms with van der Waals surface area (Å²) in [5.74, 6) is 0.682. The highest BCUT2D eigenvalue weighted by Gasteiger charge is 2.12. The van der Waals surface area contributed by atoms with E-state index in [1.807, 2.05) is 6.07 Å². The third kappa shape index (κ3) is 1.83. The van der Waals surface area contributed by atoms with Gasteiger partial charge in [0.25, 0.3) is 0 Å². The Labute approximate surface area is 89.3 Å². The van der Waals surface area contributed by atoms with Crippen LogP contribution in [0.5, 0.6) is 0 Å². The van der Waals surface area contributed by atoms with Gasteiger partial charge in [0, 0.05) is 0 Å². The Morgan fingerprint density at radius 3 is 2.79 bits per heavy atom. The molecule has 0 saturated heterocycles. The van der Waals surface area contributed by atoms with Gasteiger partial charge in [0.1, 0.15) is 16.4 Å². The van der Waals surface area contributed by atoms with Crippen LogP contribution < -0.4 is 5.73 Å². The van der Waals surface area contributed by atoms with E-state index < -0.39 is 0 Å². The maximum absolute atomic E-state index is 5.90. The van der Waals surface area contributed by atoms with Crippen LogP contribution in [0.1, 0.15) is 17.5 Å². The van der Waals surface area contributed by atoms with Crippen molar-refractivity contribution in [3.05, 3.63) is 46.8 Å². The maximum Gasteiger partial charge on any atom is 0.126 e. The lowest BCUT2D eigenvalue weighted by Crippen LogP contribution is -2.12. The van der Waals surface area contributed by atoms with Crippen molar-refractivity contribution >= 4 is 15.9 Å². The second-order valence-corrected chi connectivity index (χ2v) is 3.57. The summed E-state index contributed by atoms with van der Waals surface area (Å²) >= 11 is 3.21. The Balaban J connectivity index is 2.28. The Morgan fingerprint density at radius 1 is 1.36 bits per heavy atom. The number of nitrogens with two attached hydrogens (primary N) is 1. The van der Waals surface area contributed by atoms with E-state index in [1.165, 1.54) is 0 Å². The molecule has 0 spiro atoms. The van der Waals surface area contributed by atoms with E-state index in [0.29, 0.717) is 16.1 Å². The third-order valence-electron chi connectivity index (χ3n) is 1.81. The molecule has 0 aliphatic heterocycles. The normalized spacial score (nSPS) is 12.7. The van der Waals surface area contributed by atoms with Gasteiger partial charge in [-0.3, -0.25) is 4.98 Å². The van der Waals surface area contributed by atoms with Gasteiger partial charge >= 0.3 is 0 Å². The molecule has 0 radical (unpaired) electrons. The van der Waals surface area contributed by atoms with Crippen molar-refractivity contribution < 1.29 is 4.42 Å². The second-order valence-electron chi connectivity index (χ2n) is 2.76. The summed E-state index contributed by atoms with van der Waals surface area (Å²) in [7, 11) is 0. The average Bonchev–Trinajstić information content (AvgIpc) is 2.71. The van der Waals surface area contributed by atoms with E-state index in [-0.39, 0.29) is 6.04 Å². The maximum atomic E-state index is 5.90. The summed E-state index contributed by atoms with van der Waals surface area (Å²) in [6, 6.07) is 3.25. The fourth-order valence-electron chi connectivity index (χ4n) is 1.10. The first kappa shape index (κ1) is 9.36. The lowest BCUT2D eigenvalue weighted by atomic mass is 10.2. The van der Waals surface area contributed by atoms with E-state index in [9.17, 15) is 0 Å². The second kappa shape index (κ2) is 3.89. The minimum Gasteiger partial charge on any atom is -0.467 e. The van der Waals surface area contributed by atoms with E-state index in [1.54, 1.807) is 24.7 Å². The SMILES string of the molecule is NC(c1cnc(Br)cn1)c1ccco1. The zero-order valence-corrected chi connectivity index (χ0v) is 8.81. The van der Waals surface area contributed by atoms with E-state index >= 15 is 0 Å². The van der Waals surface area contributed by atoms with Gasteiger partial charge in [-0.05, 0) is 28.1 Å². The highest BCUT2D eigenvalue weighted by molar-refractivity contribution is 9.10. The van der Waals surface area contributed by atoms with Crippen LogP contribution in [0.25, 0.3) is 0 Å². The number of nitrogens with zero attached hydrogens (tertiary/aromatic N) is 2. The molecule has 0 fully saturated rings. The van der Waals surface area contributed by atoms with Crippen molar-refractivity contribution in [2.24, 2.45) is 5.73 Å². The first-order chi connectivity index (χ1) is 6.77. The molecule has 2 aromatic heterocycles. The molecule has 1 unspecified atom stereocenters. The van der Waals surface area contributed by atoms with Gasteiger partial charge in [-0.1, -0.05) is 0 Å². The van der Waals surface area contributed by atoms with Gasteiger partial charge in [-0.25, -0.2) is 4.98 Å². The summed E-state index contributed by atoms with van der Waals surface area (Å²) in [4.78, 5) is 8.18. The standard InChI is InChI=1S/C9H8BrN3O/c10-8-5-12-6(4-13-8)9(11)7-2-1-3-14-7/h1-5,9H,11H2. The molecule has 1 atom stereocenters. The van der Waals surface area contributed by atoms with Crippen LogP contribution in [-0.4, -0.2) is 9.97 Å². The predicted octanol–water partition coefficient (Wildman–Crippen LogP) is 1.88. The molecule has 0 bridgehead atoms. The summed E-state index contributed by atoms with van der Waals surface area (Å²) in [5.41, 5.74) is 6.58. The van der Waals surface area contributed by atoms with Crippen LogP contribution in [0.3, 0.4) is 0 Å². The van der Waals surface area contributed by atoms with Crippen LogP contribution in [0.2, 0.25) is 0 Å². The molecule has 2 rings (SSSR count). The summed E-state index contributed by atoms with van der Waals surface area (Å²) in [6.07, 6.45) is 4.82. The fraction of sp³-hybridized carbons (Fsp3) is 0.111. The lowest BCUT2D eigenvalue weighted by molar-refractivity contribution is 0.486. The highest BCUT2D eigenvalue weighted by atomic mass is 79.9. The minimum absolute atomic E-state index is 0.356. The van der Waals surface area contributed by atoms with Gasteiger partial charge in [0.15, 0.2) is 0 Å². The van der Waals surface area contributed by atoms with Crippen molar-refractivity contribution in [2.75, 3.05) is 0 Å². The van der Waals surface area contributed by atoms with Crippen LogP contribution in [-0.2, 0) is 0 Å². The molecule has 14 heavy (non-hydrogen) atoms. The predicted molar refractivity (Wildman–Crippen MR) is 54.5 cm³/mol. The molecule has 0 saturated carbocycles. The van der Waals surface area contributed by atoms with Crippen molar-refractivity contribution in [1.29, 1.82) is 0 Å². The van der Waals surface area contributed by atoms with Crippen LogP contribution in [0, 0.1) is 0 Å². The molecule has 2 aromatic rings. The molecular formula is C9H8BrN3O. The molecule has 5 heteroatoms. The molecule has 4 nitrogen and oxygen atoms in total. The number of rotatable bonds is 2. The third-order valence-corrected chi connectivity index (χ3v) is 2.22. The van der Waals surface area contributed by atoms with Gasteiger partial charge < -0.3 is 10.2 Å². The van der Waals surface area contributed by atoms with Crippen LogP contribution in [0.4, 0.5) is 0 Å². The highest BCUT2D eigenvalue weighted by Crippen LogP contribution is 2.17. The number of halogens is 1. The van der Waals surface area contributed by atoms with Gasteiger partial charge in [0.2, 0.25) is 0 Å². The Morgan fingerprint density at radius 2 is 2.21 bits per heavy atom. The zero-order valence-electron chi connectivity index (χ0n) is 7.22. The first-order valence-corrected chi connectivity index (χ1v) is 4.83. The van der Waals surface area contributed by atoms with E-state index in [0.717, 1.165) is 0 Å². The first-order valence-electron chi connectivity index (χ1n) is 4.04. The van der Waals surface area contributed by atoms with Gasteiger partial charge in [-0.2, -0.15) is 0 Å². The zero-order chi connectivity index (χ0) is 9.97. The van der Waals surface area contributed by atoms with Crippen molar-refractivity contribution in [2.45, 2.75) is 6.04 Å². The number of hydrogen-bond donors (Lipinski definition) is 1. The Hall–Kier alpha value is -1.20. The molecule has 0 amide bonds. The van der Waals surface area contributed by atoms with E-state index in [4.69, 9.17) is 10.2 Å². The Kier molecular flexibility index (Phi) is 2.60. The largest absolute Gasteiger partial charge is 0.467 e. The number of aromatic nitrogens is 2. The molecule has 72 valence electrons. The molecule has 0 aromatic carbocycles. The van der Waals surface area contributed by atoms with Crippen molar-refractivity contribution in [3.63, 3.8) is 0 Å². The molecule has 2 heterocycles. The van der Waals surface area contributed by atoms with Gasteiger partial charge in [-0.15, -0.1) is 0 Å². The lowest BCUT2D eigenvalue weighted by Gasteiger charge is -2.06. The Bertz CT molecular complexity index is 399. The van der Waals surface area contributed by atoms with Crippen LogP contribution >= 0.6 is 15.9 Å².